The Balaban J connectivity index is 2.27. The lowest BCUT2D eigenvalue weighted by atomic mass is 9.95. The molecule has 1 unspecified atom stereocenters. The maximum atomic E-state index is 6.38. The highest BCUT2D eigenvalue weighted by Crippen LogP contribution is 2.28. The molecular weight excluding hydrogens is 316 g/mol. The summed E-state index contributed by atoms with van der Waals surface area (Å²) >= 11 is 3.49. The highest BCUT2D eigenvalue weighted by Gasteiger charge is 2.14. The zero-order valence-electron chi connectivity index (χ0n) is 11.8. The fourth-order valence-corrected chi connectivity index (χ4v) is 2.76. The number of nitrogens with zero attached hydrogens (tertiary/aromatic N) is 1. The van der Waals surface area contributed by atoms with Gasteiger partial charge in [0.2, 0.25) is 0 Å². The number of pyridine rings is 1. The molecule has 0 aliphatic carbocycles. The van der Waals surface area contributed by atoms with Crippen LogP contribution in [0, 0.1) is 0 Å². The van der Waals surface area contributed by atoms with Gasteiger partial charge >= 0.3 is 0 Å². The molecule has 20 heavy (non-hydrogen) atoms. The van der Waals surface area contributed by atoms with Crippen LogP contribution in [0.2, 0.25) is 0 Å². The molecule has 0 aliphatic heterocycles. The number of hydrogen-bond donors (Lipinski definition) is 1. The lowest BCUT2D eigenvalue weighted by Crippen LogP contribution is -2.16. The summed E-state index contributed by atoms with van der Waals surface area (Å²) in [6, 6.07) is 7.94. The molecule has 2 N–H and O–H groups in total. The SMILES string of the molecule is CCc1cnccc1C(N)Cc1cc(Br)ccc1OC. The summed E-state index contributed by atoms with van der Waals surface area (Å²) in [7, 11) is 1.68. The second-order valence-electron chi connectivity index (χ2n) is 4.69. The van der Waals surface area contributed by atoms with Crippen LogP contribution in [0.5, 0.6) is 5.75 Å². The van der Waals surface area contributed by atoms with Crippen molar-refractivity contribution in [2.45, 2.75) is 25.8 Å². The average molecular weight is 335 g/mol. The van der Waals surface area contributed by atoms with E-state index in [1.165, 1.54) is 5.56 Å². The van der Waals surface area contributed by atoms with Crippen LogP contribution >= 0.6 is 15.9 Å². The molecule has 4 heteroatoms. The lowest BCUT2D eigenvalue weighted by Gasteiger charge is -2.17. The molecule has 0 amide bonds. The van der Waals surface area contributed by atoms with E-state index in [4.69, 9.17) is 10.5 Å². The van der Waals surface area contributed by atoms with Gasteiger partial charge in [0.15, 0.2) is 0 Å². The minimum absolute atomic E-state index is 0.0591. The fraction of sp³-hybridized carbons (Fsp3) is 0.312. The van der Waals surface area contributed by atoms with E-state index in [0.717, 1.165) is 34.2 Å². The van der Waals surface area contributed by atoms with Gasteiger partial charge in [0.25, 0.3) is 0 Å². The van der Waals surface area contributed by atoms with Gasteiger partial charge in [0.05, 0.1) is 7.11 Å². The molecular formula is C16H19BrN2O. The van der Waals surface area contributed by atoms with Crippen LogP contribution in [0.15, 0.2) is 41.1 Å². The molecule has 1 heterocycles. The Bertz CT molecular complexity index is 586. The number of aryl methyl sites for hydroxylation is 1. The van der Waals surface area contributed by atoms with Crippen LogP contribution in [0.3, 0.4) is 0 Å². The van der Waals surface area contributed by atoms with Crippen molar-refractivity contribution in [1.82, 2.24) is 4.98 Å². The summed E-state index contributed by atoms with van der Waals surface area (Å²) in [4.78, 5) is 4.17. The van der Waals surface area contributed by atoms with Crippen LogP contribution in [0.25, 0.3) is 0 Å². The normalized spacial score (nSPS) is 12.2. The van der Waals surface area contributed by atoms with Crippen molar-refractivity contribution in [3.05, 3.63) is 57.8 Å². The number of benzene rings is 1. The van der Waals surface area contributed by atoms with Crippen LogP contribution in [0.1, 0.15) is 29.7 Å². The zero-order chi connectivity index (χ0) is 14.5. The molecule has 0 aliphatic rings. The molecule has 2 rings (SSSR count). The molecule has 3 nitrogen and oxygen atoms in total. The van der Waals surface area contributed by atoms with Crippen LogP contribution < -0.4 is 10.5 Å². The molecule has 0 saturated heterocycles. The van der Waals surface area contributed by atoms with Crippen molar-refractivity contribution < 1.29 is 4.74 Å². The number of aromatic nitrogens is 1. The Labute approximate surface area is 128 Å². The Morgan fingerprint density at radius 2 is 2.10 bits per heavy atom. The molecule has 0 spiro atoms. The van der Waals surface area contributed by atoms with Gasteiger partial charge in [-0.05, 0) is 53.8 Å². The van der Waals surface area contributed by atoms with Gasteiger partial charge in [-0.2, -0.15) is 0 Å². The van der Waals surface area contributed by atoms with Crippen LogP contribution in [-0.4, -0.2) is 12.1 Å². The lowest BCUT2D eigenvalue weighted by molar-refractivity contribution is 0.408. The smallest absolute Gasteiger partial charge is 0.122 e. The number of rotatable bonds is 5. The summed E-state index contributed by atoms with van der Waals surface area (Å²) in [5.41, 5.74) is 9.84. The van der Waals surface area contributed by atoms with Gasteiger partial charge < -0.3 is 10.5 Å². The van der Waals surface area contributed by atoms with E-state index in [1.807, 2.05) is 24.4 Å². The van der Waals surface area contributed by atoms with E-state index >= 15 is 0 Å². The third-order valence-corrected chi connectivity index (χ3v) is 3.90. The van der Waals surface area contributed by atoms with Crippen molar-refractivity contribution in [3.8, 4) is 5.75 Å². The van der Waals surface area contributed by atoms with Crippen molar-refractivity contribution in [1.29, 1.82) is 0 Å². The summed E-state index contributed by atoms with van der Waals surface area (Å²) in [6.45, 7) is 2.12. The first-order valence-corrected chi connectivity index (χ1v) is 7.45. The largest absolute Gasteiger partial charge is 0.496 e. The van der Waals surface area contributed by atoms with Crippen molar-refractivity contribution in [2.75, 3.05) is 7.11 Å². The first-order valence-electron chi connectivity index (χ1n) is 6.66. The Morgan fingerprint density at radius 1 is 1.30 bits per heavy atom. The third-order valence-electron chi connectivity index (χ3n) is 3.40. The van der Waals surface area contributed by atoms with Gasteiger partial charge in [0.1, 0.15) is 5.75 Å². The highest BCUT2D eigenvalue weighted by molar-refractivity contribution is 9.10. The molecule has 1 aromatic heterocycles. The Hall–Kier alpha value is -1.39. The molecule has 1 atom stereocenters. The predicted octanol–water partition coefficient (Wildman–Crippen LogP) is 3.66. The quantitative estimate of drug-likeness (QED) is 0.907. The molecule has 2 aromatic rings. The second kappa shape index (κ2) is 6.86. The van der Waals surface area contributed by atoms with Crippen LogP contribution in [0.4, 0.5) is 0 Å². The maximum Gasteiger partial charge on any atom is 0.122 e. The molecule has 0 radical (unpaired) electrons. The van der Waals surface area contributed by atoms with E-state index in [1.54, 1.807) is 13.3 Å². The monoisotopic (exact) mass is 334 g/mol. The molecule has 0 bridgehead atoms. The topological polar surface area (TPSA) is 48.1 Å². The summed E-state index contributed by atoms with van der Waals surface area (Å²) < 4.78 is 6.44. The number of halogens is 1. The number of ether oxygens (including phenoxy) is 1. The van der Waals surface area contributed by atoms with E-state index in [9.17, 15) is 0 Å². The van der Waals surface area contributed by atoms with E-state index in [-0.39, 0.29) is 6.04 Å². The third kappa shape index (κ3) is 3.38. The predicted molar refractivity (Wildman–Crippen MR) is 84.9 cm³/mol. The first kappa shape index (κ1) is 15.0. The zero-order valence-corrected chi connectivity index (χ0v) is 13.4. The van der Waals surface area contributed by atoms with Gasteiger partial charge in [-0.1, -0.05) is 22.9 Å². The van der Waals surface area contributed by atoms with Gasteiger partial charge in [-0.25, -0.2) is 0 Å². The molecule has 106 valence electrons. The minimum Gasteiger partial charge on any atom is -0.496 e. The van der Waals surface area contributed by atoms with Crippen LogP contribution in [-0.2, 0) is 12.8 Å². The van der Waals surface area contributed by atoms with Gasteiger partial charge in [-0.15, -0.1) is 0 Å². The van der Waals surface area contributed by atoms with Crippen molar-refractivity contribution in [3.63, 3.8) is 0 Å². The van der Waals surface area contributed by atoms with Gasteiger partial charge in [-0.3, -0.25) is 4.98 Å². The molecule has 0 saturated carbocycles. The standard InChI is InChI=1S/C16H19BrN2O/c1-3-11-10-19-7-6-14(11)15(18)9-12-8-13(17)4-5-16(12)20-2/h4-8,10,15H,3,9,18H2,1-2H3. The minimum atomic E-state index is -0.0591. The van der Waals surface area contributed by atoms with E-state index < -0.39 is 0 Å². The van der Waals surface area contributed by atoms with Gasteiger partial charge in [0, 0.05) is 22.9 Å². The average Bonchev–Trinajstić information content (AvgIpc) is 2.47. The Morgan fingerprint density at radius 3 is 2.80 bits per heavy atom. The summed E-state index contributed by atoms with van der Waals surface area (Å²) in [5, 5.41) is 0. The van der Waals surface area contributed by atoms with Crippen molar-refractivity contribution >= 4 is 15.9 Å². The summed E-state index contributed by atoms with van der Waals surface area (Å²) in [5.74, 6) is 0.871. The highest BCUT2D eigenvalue weighted by atomic mass is 79.9. The molecule has 1 aromatic carbocycles. The Kier molecular flexibility index (Phi) is 5.15. The first-order chi connectivity index (χ1) is 9.65. The van der Waals surface area contributed by atoms with E-state index in [0.29, 0.717) is 0 Å². The number of nitrogens with two attached hydrogens (primary N) is 1. The van der Waals surface area contributed by atoms with Crippen molar-refractivity contribution in [2.24, 2.45) is 5.73 Å². The second-order valence-corrected chi connectivity index (χ2v) is 5.61. The maximum absolute atomic E-state index is 6.38. The molecule has 0 fully saturated rings. The summed E-state index contributed by atoms with van der Waals surface area (Å²) in [6.07, 6.45) is 5.37. The number of hydrogen-bond acceptors (Lipinski definition) is 3. The number of methoxy groups -OCH3 is 1. The van der Waals surface area contributed by atoms with E-state index in [2.05, 4.69) is 33.9 Å². The fourth-order valence-electron chi connectivity index (χ4n) is 2.35.